The molecule has 0 radical (unpaired) electrons. The molecule has 1 aliphatic carbocycles. The molecule has 31 heavy (non-hydrogen) atoms. The Bertz CT molecular complexity index is 1330. The minimum atomic E-state index is 0.367. The van der Waals surface area contributed by atoms with Crippen molar-refractivity contribution < 1.29 is 4.74 Å². The number of nitriles is 1. The summed E-state index contributed by atoms with van der Waals surface area (Å²) in [5.74, 6) is 1.13. The Hall–Kier alpha value is -3.79. The van der Waals surface area contributed by atoms with Gasteiger partial charge in [0.2, 0.25) is 5.88 Å². The minimum Gasteiger partial charge on any atom is -0.480 e. The van der Waals surface area contributed by atoms with Crippen LogP contribution in [0.25, 0.3) is 33.3 Å². The lowest BCUT2D eigenvalue weighted by Gasteiger charge is -2.09. The Kier molecular flexibility index (Phi) is 4.44. The second kappa shape index (κ2) is 7.17. The van der Waals surface area contributed by atoms with Gasteiger partial charge in [-0.05, 0) is 36.0 Å². The van der Waals surface area contributed by atoms with Gasteiger partial charge in [-0.1, -0.05) is 26.0 Å². The molecule has 0 aliphatic heterocycles. The number of ether oxygens (including phenoxy) is 1. The van der Waals surface area contributed by atoms with Gasteiger partial charge in [0.05, 0.1) is 24.5 Å². The molecule has 0 amide bonds. The fourth-order valence-electron chi connectivity index (χ4n) is 3.95. The maximum Gasteiger partial charge on any atom is 0.233 e. The molecule has 0 bridgehead atoms. The van der Waals surface area contributed by atoms with Crippen LogP contribution in [0.3, 0.4) is 0 Å². The molecular formula is C24H22N6O. The van der Waals surface area contributed by atoms with E-state index in [9.17, 15) is 5.26 Å². The smallest absolute Gasteiger partial charge is 0.233 e. The van der Waals surface area contributed by atoms with Gasteiger partial charge in [-0.25, -0.2) is 4.98 Å². The number of aromatic nitrogens is 5. The summed E-state index contributed by atoms with van der Waals surface area (Å²) in [5, 5.41) is 23.2. The summed E-state index contributed by atoms with van der Waals surface area (Å²) in [6.07, 6.45) is 5.16. The molecular weight excluding hydrogens is 388 g/mol. The summed E-state index contributed by atoms with van der Waals surface area (Å²) in [7, 11) is 1.57. The van der Waals surface area contributed by atoms with Crippen molar-refractivity contribution >= 4 is 10.9 Å². The van der Waals surface area contributed by atoms with Crippen LogP contribution < -0.4 is 4.74 Å². The molecule has 1 fully saturated rings. The first-order valence-electron chi connectivity index (χ1n) is 10.2. The van der Waals surface area contributed by atoms with Crippen LogP contribution in [0.5, 0.6) is 5.88 Å². The largest absolute Gasteiger partial charge is 0.480 e. The summed E-state index contributed by atoms with van der Waals surface area (Å²) in [6, 6.07) is 13.5. The number of benzene rings is 1. The van der Waals surface area contributed by atoms with Gasteiger partial charge in [0.15, 0.2) is 0 Å². The van der Waals surface area contributed by atoms with E-state index in [1.54, 1.807) is 13.2 Å². The molecule has 0 N–H and O–H groups in total. The first-order valence-corrected chi connectivity index (χ1v) is 10.2. The molecule has 4 aromatic rings. The van der Waals surface area contributed by atoms with Crippen LogP contribution in [0.4, 0.5) is 0 Å². The van der Waals surface area contributed by atoms with Gasteiger partial charge < -0.3 is 4.74 Å². The molecule has 0 saturated heterocycles. The monoisotopic (exact) mass is 410 g/mol. The number of nitrogens with zero attached hydrogens (tertiary/aromatic N) is 6. The van der Waals surface area contributed by atoms with E-state index >= 15 is 0 Å². The maximum atomic E-state index is 9.39. The molecule has 1 aromatic carbocycles. The maximum absolute atomic E-state index is 9.39. The molecule has 7 nitrogen and oxygen atoms in total. The van der Waals surface area contributed by atoms with Crippen LogP contribution in [0, 0.1) is 22.7 Å². The lowest BCUT2D eigenvalue weighted by Crippen LogP contribution is -2.03. The molecule has 3 aromatic heterocycles. The summed E-state index contributed by atoms with van der Waals surface area (Å²) in [6.45, 7) is 5.51. The lowest BCUT2D eigenvalue weighted by molar-refractivity contribution is 0.393. The van der Waals surface area contributed by atoms with E-state index < -0.39 is 0 Å². The van der Waals surface area contributed by atoms with Crippen LogP contribution >= 0.6 is 0 Å². The van der Waals surface area contributed by atoms with Gasteiger partial charge in [0, 0.05) is 40.9 Å². The number of pyridine rings is 1. The van der Waals surface area contributed by atoms with Crippen LogP contribution in [0.2, 0.25) is 0 Å². The third kappa shape index (κ3) is 3.61. The number of fused-ring (bicyclic) bond motifs is 1. The summed E-state index contributed by atoms with van der Waals surface area (Å²) in [4.78, 5) is 4.61. The van der Waals surface area contributed by atoms with E-state index in [1.165, 1.54) is 6.42 Å². The van der Waals surface area contributed by atoms with Gasteiger partial charge in [0.25, 0.3) is 0 Å². The molecule has 1 saturated carbocycles. The Morgan fingerprint density at radius 3 is 2.74 bits per heavy atom. The molecule has 7 heteroatoms. The number of rotatable bonds is 5. The predicted octanol–water partition coefficient (Wildman–Crippen LogP) is 4.48. The quantitative estimate of drug-likeness (QED) is 0.482. The van der Waals surface area contributed by atoms with Gasteiger partial charge in [-0.2, -0.15) is 10.4 Å². The predicted molar refractivity (Wildman–Crippen MR) is 117 cm³/mol. The highest BCUT2D eigenvalue weighted by molar-refractivity contribution is 5.88. The first kappa shape index (κ1) is 19.2. The van der Waals surface area contributed by atoms with Crippen LogP contribution in [0.15, 0.2) is 48.8 Å². The highest BCUT2D eigenvalue weighted by Gasteiger charge is 2.45. The zero-order valence-electron chi connectivity index (χ0n) is 17.7. The lowest BCUT2D eigenvalue weighted by atomic mass is 10.00. The Morgan fingerprint density at radius 2 is 2.00 bits per heavy atom. The zero-order chi connectivity index (χ0) is 21.6. The average Bonchev–Trinajstić information content (AvgIpc) is 3.16. The second-order valence-corrected chi connectivity index (χ2v) is 8.71. The van der Waals surface area contributed by atoms with E-state index in [2.05, 4.69) is 46.4 Å². The van der Waals surface area contributed by atoms with Crippen molar-refractivity contribution in [2.75, 3.05) is 7.11 Å². The second-order valence-electron chi connectivity index (χ2n) is 8.71. The van der Waals surface area contributed by atoms with Crippen molar-refractivity contribution in [3.8, 4) is 34.3 Å². The fraction of sp³-hybridized carbons (Fsp3) is 0.292. The molecule has 0 spiro atoms. The van der Waals surface area contributed by atoms with Crippen molar-refractivity contribution in [3.05, 3.63) is 54.5 Å². The van der Waals surface area contributed by atoms with E-state index in [1.807, 2.05) is 41.2 Å². The van der Waals surface area contributed by atoms with Gasteiger partial charge in [-0.15, -0.1) is 10.2 Å². The molecule has 154 valence electrons. The van der Waals surface area contributed by atoms with Crippen molar-refractivity contribution in [2.45, 2.75) is 26.8 Å². The topological polar surface area (TPSA) is 89.5 Å². The third-order valence-electron chi connectivity index (χ3n) is 6.13. The third-order valence-corrected chi connectivity index (χ3v) is 6.13. The molecule has 1 unspecified atom stereocenters. The van der Waals surface area contributed by atoms with E-state index in [-0.39, 0.29) is 0 Å². The number of methoxy groups -OCH3 is 1. The highest BCUT2D eigenvalue weighted by Crippen LogP contribution is 2.52. The molecule has 1 atom stereocenters. The molecule has 3 heterocycles. The number of hydrogen-bond acceptors (Lipinski definition) is 6. The summed E-state index contributed by atoms with van der Waals surface area (Å²) < 4.78 is 7.17. The molecule has 5 rings (SSSR count). The van der Waals surface area contributed by atoms with Gasteiger partial charge in [-0.3, -0.25) is 4.68 Å². The zero-order valence-corrected chi connectivity index (χ0v) is 17.7. The summed E-state index contributed by atoms with van der Waals surface area (Å²) >= 11 is 0. The van der Waals surface area contributed by atoms with E-state index in [0.717, 1.165) is 39.8 Å². The number of hydrogen-bond donors (Lipinski definition) is 0. The van der Waals surface area contributed by atoms with E-state index in [0.29, 0.717) is 22.9 Å². The van der Waals surface area contributed by atoms with E-state index in [4.69, 9.17) is 4.74 Å². The fourth-order valence-corrected chi connectivity index (χ4v) is 3.95. The molecule has 1 aliphatic rings. The SMILES string of the molecule is COc1cc2ccc(-c3nc(C#N)ccc3-c3cnn(CC4CC4(C)C)c3)cc2nn1. The highest BCUT2D eigenvalue weighted by atomic mass is 16.5. The van der Waals surface area contributed by atoms with Crippen LogP contribution in [-0.2, 0) is 6.54 Å². The van der Waals surface area contributed by atoms with Crippen LogP contribution in [0.1, 0.15) is 26.0 Å². The van der Waals surface area contributed by atoms with Crippen LogP contribution in [-0.4, -0.2) is 32.1 Å². The average molecular weight is 410 g/mol. The van der Waals surface area contributed by atoms with Gasteiger partial charge in [0.1, 0.15) is 11.8 Å². The first-order chi connectivity index (χ1) is 15.0. The van der Waals surface area contributed by atoms with Crippen molar-refractivity contribution in [1.82, 2.24) is 25.0 Å². The Balaban J connectivity index is 1.55. The Labute approximate surface area is 180 Å². The summed E-state index contributed by atoms with van der Waals surface area (Å²) in [5.41, 5.74) is 5.02. The van der Waals surface area contributed by atoms with Crippen molar-refractivity contribution in [1.29, 1.82) is 5.26 Å². The normalized spacial score (nSPS) is 16.8. The van der Waals surface area contributed by atoms with Crippen molar-refractivity contribution in [2.24, 2.45) is 11.3 Å². The standard InChI is InChI=1S/C24H22N6O/c1-24(2)10-18(24)14-30-13-17(12-26-30)20-7-6-19(11-25)27-23(20)16-5-4-15-9-22(31-3)29-28-21(15)8-16/h4-9,12-13,18H,10,14H2,1-3H3. The van der Waals surface area contributed by atoms with Gasteiger partial charge >= 0.3 is 0 Å². The van der Waals surface area contributed by atoms with Crippen molar-refractivity contribution in [3.63, 3.8) is 0 Å². The Morgan fingerprint density at radius 1 is 1.16 bits per heavy atom. The minimum absolute atomic E-state index is 0.367.